The molecular weight excluding hydrogens is 164 g/mol. The van der Waals surface area contributed by atoms with E-state index in [1.54, 1.807) is 0 Å². The largest absolute Gasteiger partial charge is 0.396 e. The number of nitrogens with one attached hydrogen (secondary N) is 1. The molecule has 0 aliphatic heterocycles. The highest BCUT2D eigenvalue weighted by atomic mass is 16.3. The molecule has 4 N–H and O–H groups in total. The summed E-state index contributed by atoms with van der Waals surface area (Å²) >= 11 is 0. The molecule has 0 heterocycles. The van der Waals surface area contributed by atoms with Crippen LogP contribution in [0.2, 0.25) is 0 Å². The minimum absolute atomic E-state index is 0.234. The zero-order valence-corrected chi connectivity index (χ0v) is 9.09. The van der Waals surface area contributed by atoms with Crippen molar-refractivity contribution in [1.82, 2.24) is 5.32 Å². The van der Waals surface area contributed by atoms with Crippen LogP contribution in [0.3, 0.4) is 0 Å². The molecule has 0 aliphatic rings. The van der Waals surface area contributed by atoms with Crippen molar-refractivity contribution in [3.8, 4) is 0 Å². The summed E-state index contributed by atoms with van der Waals surface area (Å²) in [4.78, 5) is 0. The summed E-state index contributed by atoms with van der Waals surface area (Å²) in [6, 6.07) is 0.735. The van der Waals surface area contributed by atoms with Crippen molar-refractivity contribution in [3.63, 3.8) is 0 Å². The van der Waals surface area contributed by atoms with Gasteiger partial charge in [0.05, 0.1) is 0 Å². The molecular formula is C10H24N2O. The molecule has 0 bridgehead atoms. The van der Waals surface area contributed by atoms with Crippen molar-refractivity contribution in [2.45, 2.75) is 45.7 Å². The smallest absolute Gasteiger partial charge is 0.0471 e. The van der Waals surface area contributed by atoms with Crippen LogP contribution in [-0.2, 0) is 0 Å². The maximum atomic E-state index is 8.95. The lowest BCUT2D eigenvalue weighted by Crippen LogP contribution is -2.44. The maximum Gasteiger partial charge on any atom is 0.0471 e. The van der Waals surface area contributed by atoms with Crippen LogP contribution in [0.5, 0.6) is 0 Å². The van der Waals surface area contributed by atoms with E-state index in [0.29, 0.717) is 24.5 Å². The molecule has 0 fully saturated rings. The molecule has 0 aromatic rings. The number of rotatable bonds is 7. The van der Waals surface area contributed by atoms with Gasteiger partial charge in [0.1, 0.15) is 0 Å². The third-order valence-electron chi connectivity index (χ3n) is 2.56. The van der Waals surface area contributed by atoms with E-state index < -0.39 is 0 Å². The Morgan fingerprint density at radius 2 is 2.00 bits per heavy atom. The molecule has 0 aromatic carbocycles. The van der Waals surface area contributed by atoms with Crippen LogP contribution in [0, 0.1) is 5.92 Å². The van der Waals surface area contributed by atoms with Crippen LogP contribution < -0.4 is 11.1 Å². The SMILES string of the molecule is CCCC(CN)NC(C)C(C)CO. The van der Waals surface area contributed by atoms with Crippen molar-refractivity contribution in [2.75, 3.05) is 13.2 Å². The Labute approximate surface area is 81.7 Å². The van der Waals surface area contributed by atoms with Crippen LogP contribution >= 0.6 is 0 Å². The van der Waals surface area contributed by atoms with Crippen LogP contribution in [0.4, 0.5) is 0 Å². The van der Waals surface area contributed by atoms with E-state index in [4.69, 9.17) is 10.8 Å². The number of nitrogens with two attached hydrogens (primary N) is 1. The molecule has 13 heavy (non-hydrogen) atoms. The van der Waals surface area contributed by atoms with E-state index in [1.165, 1.54) is 0 Å². The molecule has 0 amide bonds. The fraction of sp³-hybridized carbons (Fsp3) is 1.00. The Bertz CT molecular complexity index is 119. The number of hydrogen-bond donors (Lipinski definition) is 3. The van der Waals surface area contributed by atoms with Gasteiger partial charge >= 0.3 is 0 Å². The summed E-state index contributed by atoms with van der Waals surface area (Å²) in [7, 11) is 0. The quantitative estimate of drug-likeness (QED) is 0.552. The van der Waals surface area contributed by atoms with Crippen LogP contribution in [0.15, 0.2) is 0 Å². The molecule has 3 heteroatoms. The lowest BCUT2D eigenvalue weighted by atomic mass is 10.0. The normalized spacial score (nSPS) is 18.2. The molecule has 0 aliphatic carbocycles. The van der Waals surface area contributed by atoms with E-state index in [1.807, 2.05) is 6.92 Å². The Balaban J connectivity index is 3.78. The molecule has 3 atom stereocenters. The topological polar surface area (TPSA) is 58.3 Å². The molecule has 0 radical (unpaired) electrons. The van der Waals surface area contributed by atoms with Gasteiger partial charge in [-0.3, -0.25) is 0 Å². The van der Waals surface area contributed by atoms with Crippen molar-refractivity contribution < 1.29 is 5.11 Å². The van der Waals surface area contributed by atoms with Gasteiger partial charge in [-0.15, -0.1) is 0 Å². The zero-order chi connectivity index (χ0) is 10.3. The van der Waals surface area contributed by atoms with Crippen molar-refractivity contribution in [3.05, 3.63) is 0 Å². The second-order valence-electron chi connectivity index (χ2n) is 3.84. The Morgan fingerprint density at radius 3 is 2.38 bits per heavy atom. The average Bonchev–Trinajstić information content (AvgIpc) is 2.15. The van der Waals surface area contributed by atoms with E-state index in [9.17, 15) is 0 Å². The highest BCUT2D eigenvalue weighted by molar-refractivity contribution is 4.75. The van der Waals surface area contributed by atoms with E-state index in [-0.39, 0.29) is 6.61 Å². The predicted octanol–water partition coefficient (Wildman–Crippen LogP) is 0.720. The third kappa shape index (κ3) is 5.24. The summed E-state index contributed by atoms with van der Waals surface area (Å²) in [5.41, 5.74) is 5.62. The molecule has 0 rings (SSSR count). The van der Waals surface area contributed by atoms with Gasteiger partial charge < -0.3 is 16.2 Å². The summed E-state index contributed by atoms with van der Waals surface area (Å²) in [6.45, 7) is 7.20. The maximum absolute atomic E-state index is 8.95. The summed E-state index contributed by atoms with van der Waals surface area (Å²) < 4.78 is 0. The van der Waals surface area contributed by atoms with Crippen LogP contribution in [-0.4, -0.2) is 30.3 Å². The fourth-order valence-electron chi connectivity index (χ4n) is 1.31. The van der Waals surface area contributed by atoms with Gasteiger partial charge in [0.15, 0.2) is 0 Å². The fourth-order valence-corrected chi connectivity index (χ4v) is 1.31. The molecule has 3 unspecified atom stereocenters. The van der Waals surface area contributed by atoms with Crippen molar-refractivity contribution in [1.29, 1.82) is 0 Å². The van der Waals surface area contributed by atoms with E-state index in [2.05, 4.69) is 19.2 Å². The Morgan fingerprint density at radius 1 is 1.38 bits per heavy atom. The Kier molecular flexibility index (Phi) is 7.23. The highest BCUT2D eigenvalue weighted by Gasteiger charge is 2.14. The molecule has 0 saturated carbocycles. The minimum Gasteiger partial charge on any atom is -0.396 e. The number of aliphatic hydroxyl groups is 1. The first-order chi connectivity index (χ1) is 6.15. The Hall–Kier alpha value is -0.120. The van der Waals surface area contributed by atoms with Crippen LogP contribution in [0.1, 0.15) is 33.6 Å². The zero-order valence-electron chi connectivity index (χ0n) is 9.09. The first kappa shape index (κ1) is 12.9. The number of hydrogen-bond acceptors (Lipinski definition) is 3. The molecule has 3 nitrogen and oxygen atoms in total. The van der Waals surface area contributed by atoms with Crippen molar-refractivity contribution in [2.24, 2.45) is 11.7 Å². The van der Waals surface area contributed by atoms with Crippen LogP contribution in [0.25, 0.3) is 0 Å². The van der Waals surface area contributed by atoms with Gasteiger partial charge in [-0.05, 0) is 19.3 Å². The molecule has 0 spiro atoms. The van der Waals surface area contributed by atoms with Gasteiger partial charge in [0, 0.05) is 25.2 Å². The standard InChI is InChI=1S/C10H24N2O/c1-4-5-10(6-11)12-9(3)8(2)7-13/h8-10,12-13H,4-7,11H2,1-3H3. The lowest BCUT2D eigenvalue weighted by molar-refractivity contribution is 0.200. The highest BCUT2D eigenvalue weighted by Crippen LogP contribution is 2.04. The molecule has 0 aromatic heterocycles. The monoisotopic (exact) mass is 188 g/mol. The first-order valence-corrected chi connectivity index (χ1v) is 5.22. The van der Waals surface area contributed by atoms with Gasteiger partial charge in [-0.1, -0.05) is 20.3 Å². The second kappa shape index (κ2) is 7.30. The third-order valence-corrected chi connectivity index (χ3v) is 2.56. The predicted molar refractivity (Wildman–Crippen MR) is 56.6 cm³/mol. The minimum atomic E-state index is 0.234. The van der Waals surface area contributed by atoms with Gasteiger partial charge in [-0.25, -0.2) is 0 Å². The first-order valence-electron chi connectivity index (χ1n) is 5.22. The van der Waals surface area contributed by atoms with Gasteiger partial charge in [0.25, 0.3) is 0 Å². The summed E-state index contributed by atoms with van der Waals surface area (Å²) in [5.74, 6) is 0.297. The van der Waals surface area contributed by atoms with E-state index >= 15 is 0 Å². The molecule has 0 saturated heterocycles. The number of aliphatic hydroxyl groups excluding tert-OH is 1. The summed E-state index contributed by atoms with van der Waals surface area (Å²) in [6.07, 6.45) is 2.26. The second-order valence-corrected chi connectivity index (χ2v) is 3.84. The van der Waals surface area contributed by atoms with Gasteiger partial charge in [0.2, 0.25) is 0 Å². The van der Waals surface area contributed by atoms with Gasteiger partial charge in [-0.2, -0.15) is 0 Å². The van der Waals surface area contributed by atoms with E-state index in [0.717, 1.165) is 12.8 Å². The lowest BCUT2D eigenvalue weighted by Gasteiger charge is -2.25. The van der Waals surface area contributed by atoms with Crippen molar-refractivity contribution >= 4 is 0 Å². The summed E-state index contributed by atoms with van der Waals surface area (Å²) in [5, 5.41) is 12.4. The molecule has 80 valence electrons. The average molecular weight is 188 g/mol.